The van der Waals surface area contributed by atoms with E-state index in [4.69, 9.17) is 16.3 Å². The number of rotatable bonds is 7. The smallest absolute Gasteiger partial charge is 0.243 e. The third kappa shape index (κ3) is 4.45. The molecular weight excluding hydrogens is 286 g/mol. The molecule has 0 atom stereocenters. The van der Waals surface area contributed by atoms with Crippen molar-refractivity contribution in [3.8, 4) is 0 Å². The van der Waals surface area contributed by atoms with Gasteiger partial charge in [-0.05, 0) is 25.5 Å². The Morgan fingerprint density at radius 2 is 1.95 bits per heavy atom. The van der Waals surface area contributed by atoms with E-state index in [2.05, 4.69) is 0 Å². The zero-order valence-electron chi connectivity index (χ0n) is 11.5. The normalized spacial score (nSPS) is 12.3. The number of hydrogen-bond donors (Lipinski definition) is 0. The van der Waals surface area contributed by atoms with Crippen molar-refractivity contribution in [2.45, 2.75) is 30.7 Å². The van der Waals surface area contributed by atoms with Gasteiger partial charge in [0.05, 0.1) is 17.6 Å². The number of sulfonamides is 1. The molecule has 0 aromatic heterocycles. The highest BCUT2D eigenvalue weighted by molar-refractivity contribution is 7.89. The lowest BCUT2D eigenvalue weighted by atomic mass is 10.2. The minimum absolute atomic E-state index is 0.0891. The molecule has 1 aromatic carbocycles. The number of hydrogen-bond acceptors (Lipinski definition) is 3. The summed E-state index contributed by atoms with van der Waals surface area (Å²) in [4.78, 5) is 0.261. The number of halogens is 1. The summed E-state index contributed by atoms with van der Waals surface area (Å²) in [5.41, 5.74) is 0.612. The summed E-state index contributed by atoms with van der Waals surface area (Å²) in [6.07, 6.45) is 0.0891. The van der Waals surface area contributed by atoms with E-state index in [1.165, 1.54) is 4.31 Å². The Balaban J connectivity index is 2.85. The minimum atomic E-state index is -3.51. The van der Waals surface area contributed by atoms with Crippen molar-refractivity contribution in [2.24, 2.45) is 0 Å². The lowest BCUT2D eigenvalue weighted by molar-refractivity contribution is 0.0737. The van der Waals surface area contributed by atoms with Gasteiger partial charge in [0.15, 0.2) is 0 Å². The summed E-state index contributed by atoms with van der Waals surface area (Å²) in [5, 5.41) is 0. The summed E-state index contributed by atoms with van der Waals surface area (Å²) in [5.74, 6) is 0.172. The first-order chi connectivity index (χ1) is 8.89. The van der Waals surface area contributed by atoms with Gasteiger partial charge >= 0.3 is 0 Å². The van der Waals surface area contributed by atoms with E-state index in [1.807, 2.05) is 13.8 Å². The van der Waals surface area contributed by atoms with E-state index in [0.29, 0.717) is 18.7 Å². The summed E-state index contributed by atoms with van der Waals surface area (Å²) in [6, 6.07) is 6.77. The molecule has 6 heteroatoms. The van der Waals surface area contributed by atoms with Gasteiger partial charge in [0.1, 0.15) is 0 Å². The zero-order chi connectivity index (χ0) is 14.5. The van der Waals surface area contributed by atoms with Crippen molar-refractivity contribution in [3.63, 3.8) is 0 Å². The maximum absolute atomic E-state index is 12.4. The van der Waals surface area contributed by atoms with E-state index < -0.39 is 10.0 Å². The van der Waals surface area contributed by atoms with Crippen molar-refractivity contribution in [3.05, 3.63) is 29.8 Å². The Kier molecular flexibility index (Phi) is 6.26. The van der Waals surface area contributed by atoms with Crippen molar-refractivity contribution in [1.29, 1.82) is 0 Å². The number of alkyl halides is 1. The topological polar surface area (TPSA) is 46.6 Å². The number of nitrogens with zero attached hydrogens (tertiary/aromatic N) is 1. The van der Waals surface area contributed by atoms with Gasteiger partial charge in [0.25, 0.3) is 0 Å². The predicted octanol–water partition coefficient (Wildman–Crippen LogP) is 2.47. The largest absolute Gasteiger partial charge is 0.377 e. The molecule has 1 aromatic rings. The molecule has 4 nitrogen and oxygen atoms in total. The second kappa shape index (κ2) is 7.24. The van der Waals surface area contributed by atoms with Gasteiger partial charge in [-0.3, -0.25) is 0 Å². The molecule has 0 fully saturated rings. The SMILES string of the molecule is CC(C)OCCN(C)S(=O)(=O)c1ccccc1CCl. The summed E-state index contributed by atoms with van der Waals surface area (Å²) in [6.45, 7) is 4.52. The maximum Gasteiger partial charge on any atom is 0.243 e. The zero-order valence-corrected chi connectivity index (χ0v) is 13.0. The van der Waals surface area contributed by atoms with Gasteiger partial charge in [-0.1, -0.05) is 18.2 Å². The standard InChI is InChI=1S/C13H20ClNO3S/c1-11(2)18-9-8-15(3)19(16,17)13-7-5-4-6-12(13)10-14/h4-7,11H,8-10H2,1-3H3. The molecule has 19 heavy (non-hydrogen) atoms. The highest BCUT2D eigenvalue weighted by Gasteiger charge is 2.23. The fourth-order valence-electron chi connectivity index (χ4n) is 1.57. The quantitative estimate of drug-likeness (QED) is 0.727. The molecule has 0 aliphatic carbocycles. The second-order valence-electron chi connectivity index (χ2n) is 4.49. The van der Waals surface area contributed by atoms with Crippen LogP contribution >= 0.6 is 11.6 Å². The highest BCUT2D eigenvalue weighted by Crippen LogP contribution is 2.20. The molecule has 0 saturated heterocycles. The van der Waals surface area contributed by atoms with Crippen LogP contribution in [0.5, 0.6) is 0 Å². The van der Waals surface area contributed by atoms with Crippen LogP contribution in [0.25, 0.3) is 0 Å². The van der Waals surface area contributed by atoms with Crippen molar-refractivity contribution in [1.82, 2.24) is 4.31 Å². The van der Waals surface area contributed by atoms with Crippen LogP contribution in [0.15, 0.2) is 29.2 Å². The van der Waals surface area contributed by atoms with E-state index in [1.54, 1.807) is 31.3 Å². The lowest BCUT2D eigenvalue weighted by Crippen LogP contribution is -2.31. The Bertz CT molecular complexity index is 502. The van der Waals surface area contributed by atoms with Crippen LogP contribution in [0.2, 0.25) is 0 Å². The van der Waals surface area contributed by atoms with Crippen LogP contribution in [0.3, 0.4) is 0 Å². The third-order valence-electron chi connectivity index (χ3n) is 2.66. The van der Waals surface area contributed by atoms with E-state index in [0.717, 1.165) is 0 Å². The van der Waals surface area contributed by atoms with Crippen molar-refractivity contribution in [2.75, 3.05) is 20.2 Å². The van der Waals surface area contributed by atoms with Crippen LogP contribution in [0.4, 0.5) is 0 Å². The van der Waals surface area contributed by atoms with Crippen LogP contribution in [-0.2, 0) is 20.6 Å². The van der Waals surface area contributed by atoms with E-state index in [9.17, 15) is 8.42 Å². The molecule has 0 radical (unpaired) electrons. The van der Waals surface area contributed by atoms with Crippen LogP contribution in [0, 0.1) is 0 Å². The molecule has 1 rings (SSSR count). The Labute approximate surface area is 120 Å². The van der Waals surface area contributed by atoms with Crippen molar-refractivity contribution >= 4 is 21.6 Å². The van der Waals surface area contributed by atoms with Gasteiger partial charge in [0, 0.05) is 19.5 Å². The Morgan fingerprint density at radius 3 is 2.53 bits per heavy atom. The molecule has 0 unspecified atom stereocenters. The maximum atomic E-state index is 12.4. The summed E-state index contributed by atoms with van der Waals surface area (Å²) < 4.78 is 31.5. The van der Waals surface area contributed by atoms with Crippen LogP contribution in [0.1, 0.15) is 19.4 Å². The molecular formula is C13H20ClNO3S. The lowest BCUT2D eigenvalue weighted by Gasteiger charge is -2.19. The minimum Gasteiger partial charge on any atom is -0.377 e. The molecule has 0 amide bonds. The van der Waals surface area contributed by atoms with Crippen LogP contribution in [-0.4, -0.2) is 39.0 Å². The molecule has 0 N–H and O–H groups in total. The second-order valence-corrected chi connectivity index (χ2v) is 6.77. The molecule has 0 bridgehead atoms. The first-order valence-corrected chi connectivity index (χ1v) is 8.09. The fraction of sp³-hybridized carbons (Fsp3) is 0.538. The summed E-state index contributed by atoms with van der Waals surface area (Å²) in [7, 11) is -1.97. The molecule has 0 aliphatic rings. The van der Waals surface area contributed by atoms with Crippen molar-refractivity contribution < 1.29 is 13.2 Å². The van der Waals surface area contributed by atoms with Crippen LogP contribution < -0.4 is 0 Å². The average molecular weight is 306 g/mol. The van der Waals surface area contributed by atoms with Gasteiger partial charge in [-0.15, -0.1) is 11.6 Å². The molecule has 0 spiro atoms. The molecule has 108 valence electrons. The van der Waals surface area contributed by atoms with Gasteiger partial charge < -0.3 is 4.74 Å². The Morgan fingerprint density at radius 1 is 1.32 bits per heavy atom. The van der Waals surface area contributed by atoms with E-state index >= 15 is 0 Å². The third-order valence-corrected chi connectivity index (χ3v) is 4.91. The van der Waals surface area contributed by atoms with Gasteiger partial charge in [-0.25, -0.2) is 8.42 Å². The summed E-state index contributed by atoms with van der Waals surface area (Å²) >= 11 is 5.78. The first kappa shape index (κ1) is 16.4. The predicted molar refractivity (Wildman–Crippen MR) is 76.9 cm³/mol. The number of benzene rings is 1. The highest BCUT2D eigenvalue weighted by atomic mass is 35.5. The molecule has 0 saturated carbocycles. The number of ether oxygens (including phenoxy) is 1. The monoisotopic (exact) mass is 305 g/mol. The van der Waals surface area contributed by atoms with Gasteiger partial charge in [-0.2, -0.15) is 4.31 Å². The Hall–Kier alpha value is -0.620. The van der Waals surface area contributed by atoms with Gasteiger partial charge in [0.2, 0.25) is 10.0 Å². The molecule has 0 aliphatic heterocycles. The van der Waals surface area contributed by atoms with E-state index in [-0.39, 0.29) is 16.9 Å². The molecule has 0 heterocycles. The average Bonchev–Trinajstić information content (AvgIpc) is 2.38. The number of likely N-dealkylation sites (N-methyl/N-ethyl adjacent to an activating group) is 1. The first-order valence-electron chi connectivity index (χ1n) is 6.11. The fourth-order valence-corrected chi connectivity index (χ4v) is 3.26.